The standard InChI is InChI=1S/C35H41Cl2FN4O6S/c1-22-18-39-20-28(42(22)49(45,46)29-10-7-27(37)8-11-29)9-12-30-25(19-40-21-31(30)38)17-32(43)34(41-35(44)47-2)33(24-13-15-48-16-14-24)23-3-5-26(36)6-4-23/h3-8,10-11,19,21-22,24,28,33-34,39H,9,12-18,20H2,1-2H3,(H,41,44)/t22-,28-,33-,34+/m0/s1. The van der Waals surface area contributed by atoms with Crippen molar-refractivity contribution in [2.45, 2.75) is 68.0 Å². The lowest BCUT2D eigenvalue weighted by Crippen LogP contribution is -2.58. The monoisotopic (exact) mass is 734 g/mol. The Morgan fingerprint density at radius 2 is 1.71 bits per heavy atom. The molecule has 2 saturated heterocycles. The molecule has 49 heavy (non-hydrogen) atoms. The Labute approximate surface area is 296 Å². The average molecular weight is 736 g/mol. The number of hydrogen-bond acceptors (Lipinski definition) is 8. The number of benzene rings is 2. The molecule has 2 aromatic carbocycles. The molecule has 2 N–H and O–H groups in total. The second-order valence-corrected chi connectivity index (χ2v) is 15.2. The normalized spacial score (nSPS) is 20.3. The number of sulfonamides is 1. The number of methoxy groups -OCH3 is 1. The SMILES string of the molecule is COC(=O)N[C@H](C(=O)Cc1cncc(F)c1CC[C@H]1CNC[C@H](C)N1S(=O)(=O)c1ccc(Cl)cc1)[C@@H](c1ccc(Cl)cc1)C1CCOCC1. The zero-order valence-electron chi connectivity index (χ0n) is 27.4. The Morgan fingerprint density at radius 3 is 2.37 bits per heavy atom. The van der Waals surface area contributed by atoms with Gasteiger partial charge < -0.3 is 20.1 Å². The number of aromatic nitrogens is 1. The number of hydrogen-bond donors (Lipinski definition) is 2. The van der Waals surface area contributed by atoms with E-state index in [1.807, 2.05) is 19.1 Å². The van der Waals surface area contributed by atoms with Gasteiger partial charge in [0.25, 0.3) is 0 Å². The third kappa shape index (κ3) is 8.97. The largest absolute Gasteiger partial charge is 0.453 e. The number of carbonyl (C=O) groups excluding carboxylic acids is 2. The number of Topliss-reactive ketones (excluding diaryl/α,β-unsaturated/α-hetero) is 1. The molecule has 5 rings (SSSR count). The molecule has 0 radical (unpaired) electrons. The summed E-state index contributed by atoms with van der Waals surface area (Å²) in [5.41, 5.74) is 1.47. The van der Waals surface area contributed by atoms with Crippen LogP contribution in [0.2, 0.25) is 10.0 Å². The van der Waals surface area contributed by atoms with Crippen molar-refractivity contribution in [3.05, 3.63) is 93.5 Å². The van der Waals surface area contributed by atoms with Crippen LogP contribution >= 0.6 is 23.2 Å². The van der Waals surface area contributed by atoms with Crippen LogP contribution in [-0.4, -0.2) is 81.1 Å². The molecule has 0 saturated carbocycles. The Balaban J connectivity index is 1.42. The van der Waals surface area contributed by atoms with Gasteiger partial charge in [-0.2, -0.15) is 4.31 Å². The number of alkyl carbamates (subject to hydrolysis) is 1. The summed E-state index contributed by atoms with van der Waals surface area (Å²) in [5, 5.41) is 7.03. The fourth-order valence-electron chi connectivity index (χ4n) is 6.99. The van der Waals surface area contributed by atoms with E-state index in [0.717, 1.165) is 11.8 Å². The molecule has 1 aromatic heterocycles. The van der Waals surface area contributed by atoms with E-state index in [2.05, 4.69) is 15.6 Å². The van der Waals surface area contributed by atoms with Crippen molar-refractivity contribution in [3.63, 3.8) is 0 Å². The Morgan fingerprint density at radius 1 is 1.06 bits per heavy atom. The Bertz CT molecular complexity index is 1710. The van der Waals surface area contributed by atoms with Gasteiger partial charge in [-0.15, -0.1) is 0 Å². The highest BCUT2D eigenvalue weighted by atomic mass is 35.5. The topological polar surface area (TPSA) is 127 Å². The molecule has 2 fully saturated rings. The number of piperazine rings is 1. The van der Waals surface area contributed by atoms with Gasteiger partial charge in [0, 0.05) is 67.0 Å². The fraction of sp³-hybridized carbons (Fsp3) is 0.457. The highest BCUT2D eigenvalue weighted by Gasteiger charge is 2.39. The maximum Gasteiger partial charge on any atom is 0.407 e. The van der Waals surface area contributed by atoms with Crippen LogP contribution in [0.25, 0.3) is 0 Å². The van der Waals surface area contributed by atoms with E-state index in [4.69, 9.17) is 32.7 Å². The quantitative estimate of drug-likeness (QED) is 0.248. The van der Waals surface area contributed by atoms with Crippen LogP contribution in [0, 0.1) is 11.7 Å². The van der Waals surface area contributed by atoms with Gasteiger partial charge in [0.15, 0.2) is 5.78 Å². The van der Waals surface area contributed by atoms with Crippen LogP contribution in [0.5, 0.6) is 0 Å². The van der Waals surface area contributed by atoms with Crippen molar-refractivity contribution in [1.82, 2.24) is 19.9 Å². The van der Waals surface area contributed by atoms with E-state index in [0.29, 0.717) is 54.8 Å². The second kappa shape index (κ2) is 16.7. The summed E-state index contributed by atoms with van der Waals surface area (Å²) in [7, 11) is -2.66. The van der Waals surface area contributed by atoms with E-state index >= 15 is 4.39 Å². The number of nitrogens with zero attached hydrogens (tertiary/aromatic N) is 2. The molecule has 0 unspecified atom stereocenters. The predicted octanol–water partition coefficient (Wildman–Crippen LogP) is 5.56. The van der Waals surface area contributed by atoms with Crippen LogP contribution in [0.15, 0.2) is 65.8 Å². The van der Waals surface area contributed by atoms with Gasteiger partial charge >= 0.3 is 6.09 Å². The van der Waals surface area contributed by atoms with E-state index in [-0.39, 0.29) is 47.5 Å². The highest BCUT2D eigenvalue weighted by molar-refractivity contribution is 7.89. The van der Waals surface area contributed by atoms with Gasteiger partial charge in [0.1, 0.15) is 5.82 Å². The van der Waals surface area contributed by atoms with Crippen LogP contribution in [0.3, 0.4) is 0 Å². The van der Waals surface area contributed by atoms with Crippen molar-refractivity contribution in [2.75, 3.05) is 33.4 Å². The molecule has 0 aliphatic carbocycles. The third-order valence-corrected chi connectivity index (χ3v) is 12.0. The van der Waals surface area contributed by atoms with Crippen molar-refractivity contribution >= 4 is 45.1 Å². The number of rotatable bonds is 12. The van der Waals surface area contributed by atoms with Gasteiger partial charge in [-0.25, -0.2) is 17.6 Å². The van der Waals surface area contributed by atoms with Gasteiger partial charge in [0.2, 0.25) is 10.0 Å². The lowest BCUT2D eigenvalue weighted by atomic mass is 9.74. The molecule has 2 aliphatic rings. The molecule has 4 atom stereocenters. The van der Waals surface area contributed by atoms with Crippen molar-refractivity contribution in [1.29, 1.82) is 0 Å². The minimum absolute atomic E-state index is 0.000463. The summed E-state index contributed by atoms with van der Waals surface area (Å²) in [6.07, 6.45) is 3.37. The molecule has 3 aromatic rings. The number of carbonyl (C=O) groups is 2. The maximum absolute atomic E-state index is 15.5. The zero-order chi connectivity index (χ0) is 35.1. The zero-order valence-corrected chi connectivity index (χ0v) is 29.7. The first-order chi connectivity index (χ1) is 23.5. The van der Waals surface area contributed by atoms with Crippen molar-refractivity contribution in [3.8, 4) is 0 Å². The fourth-order valence-corrected chi connectivity index (χ4v) is 9.08. The highest BCUT2D eigenvalue weighted by Crippen LogP contribution is 2.37. The molecule has 1 amide bonds. The van der Waals surface area contributed by atoms with E-state index in [1.165, 1.54) is 41.9 Å². The molecule has 2 aliphatic heterocycles. The molecule has 0 bridgehead atoms. The number of ether oxygens (including phenoxy) is 2. The first-order valence-electron chi connectivity index (χ1n) is 16.3. The third-order valence-electron chi connectivity index (χ3n) is 9.38. The lowest BCUT2D eigenvalue weighted by Gasteiger charge is -2.40. The minimum Gasteiger partial charge on any atom is -0.453 e. The van der Waals surface area contributed by atoms with E-state index < -0.39 is 39.9 Å². The summed E-state index contributed by atoms with van der Waals surface area (Å²) < 4.78 is 55.1. The number of amides is 1. The van der Waals surface area contributed by atoms with Gasteiger partial charge in [-0.1, -0.05) is 35.3 Å². The van der Waals surface area contributed by atoms with Crippen LogP contribution in [0.4, 0.5) is 9.18 Å². The van der Waals surface area contributed by atoms with Gasteiger partial charge in [-0.3, -0.25) is 9.78 Å². The molecule has 3 heterocycles. The number of nitrogens with one attached hydrogen (secondary N) is 2. The lowest BCUT2D eigenvalue weighted by molar-refractivity contribution is -0.121. The average Bonchev–Trinajstić information content (AvgIpc) is 3.09. The number of halogens is 3. The summed E-state index contributed by atoms with van der Waals surface area (Å²) >= 11 is 12.2. The molecule has 14 heteroatoms. The Hall–Kier alpha value is -3.13. The second-order valence-electron chi connectivity index (χ2n) is 12.5. The predicted molar refractivity (Wildman–Crippen MR) is 185 cm³/mol. The summed E-state index contributed by atoms with van der Waals surface area (Å²) in [5.74, 6) is -1.37. The number of pyridine rings is 1. The number of ketones is 1. The van der Waals surface area contributed by atoms with Crippen molar-refractivity contribution in [2.24, 2.45) is 5.92 Å². The van der Waals surface area contributed by atoms with Gasteiger partial charge in [-0.05, 0) is 91.6 Å². The van der Waals surface area contributed by atoms with E-state index in [9.17, 15) is 18.0 Å². The Kier molecular flexibility index (Phi) is 12.7. The van der Waals surface area contributed by atoms with Crippen LogP contribution < -0.4 is 10.6 Å². The summed E-state index contributed by atoms with van der Waals surface area (Å²) in [4.78, 5) is 31.1. The molecular formula is C35H41Cl2FN4O6S. The van der Waals surface area contributed by atoms with Crippen LogP contribution in [-0.2, 0) is 37.1 Å². The molecule has 10 nitrogen and oxygen atoms in total. The van der Waals surface area contributed by atoms with Crippen LogP contribution in [0.1, 0.15) is 48.8 Å². The maximum atomic E-state index is 15.5. The summed E-state index contributed by atoms with van der Waals surface area (Å²) in [6, 6.07) is 11.4. The smallest absolute Gasteiger partial charge is 0.407 e. The minimum atomic E-state index is -3.89. The van der Waals surface area contributed by atoms with Crippen molar-refractivity contribution < 1.29 is 31.9 Å². The molecule has 0 spiro atoms. The first kappa shape index (κ1) is 37.1. The first-order valence-corrected chi connectivity index (χ1v) is 18.5. The summed E-state index contributed by atoms with van der Waals surface area (Å²) in [6.45, 7) is 3.70. The molecule has 264 valence electrons. The van der Waals surface area contributed by atoms with Gasteiger partial charge in [0.05, 0.1) is 24.2 Å². The van der Waals surface area contributed by atoms with E-state index in [1.54, 1.807) is 12.1 Å². The molecular weight excluding hydrogens is 694 g/mol.